The summed E-state index contributed by atoms with van der Waals surface area (Å²) in [5.41, 5.74) is 0.735. The quantitative estimate of drug-likeness (QED) is 0.864. The average molecular weight is 273 g/mol. The third-order valence-electron chi connectivity index (χ3n) is 2.63. The normalized spacial score (nSPS) is 11.8. The van der Waals surface area contributed by atoms with Gasteiger partial charge in [-0.15, -0.1) is 0 Å². The number of benzene rings is 1. The van der Waals surface area contributed by atoms with Crippen LogP contribution in [0.2, 0.25) is 0 Å². The minimum Gasteiger partial charge on any atom is -0.493 e. The predicted molar refractivity (Wildman–Crippen MR) is 70.8 cm³/mol. The average Bonchev–Trinajstić information content (AvgIpc) is 2.88. The molecule has 104 valence electrons. The number of aliphatic hydroxyl groups is 1. The minimum absolute atomic E-state index is 0.0350. The van der Waals surface area contributed by atoms with Gasteiger partial charge in [0.1, 0.15) is 5.75 Å². The van der Waals surface area contributed by atoms with Crippen molar-refractivity contribution in [1.29, 1.82) is 5.26 Å². The van der Waals surface area contributed by atoms with Gasteiger partial charge in [-0.3, -0.25) is 0 Å². The van der Waals surface area contributed by atoms with Crippen molar-refractivity contribution >= 4 is 0 Å². The van der Waals surface area contributed by atoms with E-state index in [-0.39, 0.29) is 12.8 Å². The first-order chi connectivity index (χ1) is 9.74. The van der Waals surface area contributed by atoms with Crippen molar-refractivity contribution in [3.8, 4) is 23.2 Å². The number of aliphatic hydroxyl groups excluding tert-OH is 1. The summed E-state index contributed by atoms with van der Waals surface area (Å²) in [6.07, 6.45) is -0.597. The van der Waals surface area contributed by atoms with E-state index in [2.05, 4.69) is 10.1 Å². The molecule has 2 aromatic rings. The lowest BCUT2D eigenvalue weighted by Crippen LogP contribution is -2.09. The first kappa shape index (κ1) is 14.0. The Labute approximate surface area is 116 Å². The Morgan fingerprint density at radius 2 is 2.25 bits per heavy atom. The number of nitrogens with zero attached hydrogens (tertiary/aromatic N) is 3. The van der Waals surface area contributed by atoms with Crippen LogP contribution < -0.4 is 4.74 Å². The molecule has 1 N–H and O–H groups in total. The summed E-state index contributed by atoms with van der Waals surface area (Å²) in [6.45, 7) is 2.44. The Bertz CT molecular complexity index is 604. The van der Waals surface area contributed by atoms with Crippen LogP contribution in [0.3, 0.4) is 0 Å². The van der Waals surface area contributed by atoms with Crippen LogP contribution in [0.5, 0.6) is 5.75 Å². The van der Waals surface area contributed by atoms with E-state index in [1.807, 2.05) is 37.3 Å². The molecule has 0 saturated carbocycles. The van der Waals surface area contributed by atoms with E-state index in [0.717, 1.165) is 5.56 Å². The van der Waals surface area contributed by atoms with Crippen LogP contribution in [0.4, 0.5) is 0 Å². The maximum Gasteiger partial charge on any atom is 0.229 e. The van der Waals surface area contributed by atoms with Gasteiger partial charge < -0.3 is 14.4 Å². The standard InChI is InChI=1S/C14H15N3O3/c1-2-19-12-6-4-3-5-11(12)14-16-13(20-17-14)9-10(18)7-8-15/h3-6,10,18H,2,7,9H2,1H3. The Balaban J connectivity index is 2.18. The molecular formula is C14H15N3O3. The fourth-order valence-corrected chi connectivity index (χ4v) is 1.76. The summed E-state index contributed by atoms with van der Waals surface area (Å²) >= 11 is 0. The van der Waals surface area contributed by atoms with Crippen molar-refractivity contribution in [3.05, 3.63) is 30.2 Å². The van der Waals surface area contributed by atoms with Gasteiger partial charge in [0.2, 0.25) is 11.7 Å². The van der Waals surface area contributed by atoms with Crippen molar-refractivity contribution in [1.82, 2.24) is 10.1 Å². The highest BCUT2D eigenvalue weighted by Crippen LogP contribution is 2.27. The molecule has 1 atom stereocenters. The van der Waals surface area contributed by atoms with Gasteiger partial charge >= 0.3 is 0 Å². The Morgan fingerprint density at radius 1 is 1.45 bits per heavy atom. The lowest BCUT2D eigenvalue weighted by molar-refractivity contribution is 0.167. The molecule has 0 aliphatic carbocycles. The molecule has 0 aliphatic rings. The SMILES string of the molecule is CCOc1ccccc1-c1noc(CC(O)CC#N)n1. The Hall–Kier alpha value is -2.39. The molecule has 0 amide bonds. The molecular weight excluding hydrogens is 258 g/mol. The van der Waals surface area contributed by atoms with Crippen molar-refractivity contribution in [2.45, 2.75) is 25.9 Å². The lowest BCUT2D eigenvalue weighted by atomic mass is 10.2. The Kier molecular flexibility index (Phi) is 4.69. The molecule has 1 aromatic carbocycles. The molecule has 0 aliphatic heterocycles. The van der Waals surface area contributed by atoms with Crippen molar-refractivity contribution in [3.63, 3.8) is 0 Å². The van der Waals surface area contributed by atoms with E-state index >= 15 is 0 Å². The molecule has 6 heteroatoms. The second kappa shape index (κ2) is 6.68. The summed E-state index contributed by atoms with van der Waals surface area (Å²) in [7, 11) is 0. The highest BCUT2D eigenvalue weighted by Gasteiger charge is 2.15. The van der Waals surface area contributed by atoms with Gasteiger partial charge in [-0.1, -0.05) is 17.3 Å². The van der Waals surface area contributed by atoms with Crippen LogP contribution in [0.25, 0.3) is 11.4 Å². The monoisotopic (exact) mass is 273 g/mol. The van der Waals surface area contributed by atoms with Gasteiger partial charge in [0.05, 0.1) is 37.2 Å². The van der Waals surface area contributed by atoms with Crippen LogP contribution in [0, 0.1) is 11.3 Å². The van der Waals surface area contributed by atoms with Crippen molar-refractivity contribution < 1.29 is 14.4 Å². The first-order valence-electron chi connectivity index (χ1n) is 6.34. The molecule has 6 nitrogen and oxygen atoms in total. The van der Waals surface area contributed by atoms with E-state index < -0.39 is 6.10 Å². The van der Waals surface area contributed by atoms with Gasteiger partial charge in [-0.2, -0.15) is 10.2 Å². The van der Waals surface area contributed by atoms with Gasteiger partial charge in [0.15, 0.2) is 0 Å². The molecule has 0 radical (unpaired) electrons. The van der Waals surface area contributed by atoms with Crippen LogP contribution >= 0.6 is 0 Å². The summed E-state index contributed by atoms with van der Waals surface area (Å²) in [5, 5.41) is 21.9. The maximum atomic E-state index is 9.55. The molecule has 2 rings (SSSR count). The molecule has 1 heterocycles. The van der Waals surface area contributed by atoms with Crippen LogP contribution in [-0.4, -0.2) is 28.0 Å². The fraction of sp³-hybridized carbons (Fsp3) is 0.357. The maximum absolute atomic E-state index is 9.55. The van der Waals surface area contributed by atoms with E-state index in [0.29, 0.717) is 24.1 Å². The van der Waals surface area contributed by atoms with Crippen molar-refractivity contribution in [2.24, 2.45) is 0 Å². The summed E-state index contributed by atoms with van der Waals surface area (Å²) < 4.78 is 10.6. The van der Waals surface area contributed by atoms with Crippen LogP contribution in [0.1, 0.15) is 19.2 Å². The van der Waals surface area contributed by atoms with Crippen LogP contribution in [0.15, 0.2) is 28.8 Å². The highest BCUT2D eigenvalue weighted by atomic mass is 16.5. The third-order valence-corrected chi connectivity index (χ3v) is 2.63. The van der Waals surface area contributed by atoms with Gasteiger partial charge in [-0.25, -0.2) is 0 Å². The second-order valence-electron chi connectivity index (χ2n) is 4.16. The van der Waals surface area contributed by atoms with Crippen molar-refractivity contribution in [2.75, 3.05) is 6.61 Å². The minimum atomic E-state index is -0.796. The Morgan fingerprint density at radius 3 is 3.00 bits per heavy atom. The van der Waals surface area contributed by atoms with Gasteiger partial charge in [-0.05, 0) is 19.1 Å². The van der Waals surface area contributed by atoms with E-state index in [1.165, 1.54) is 0 Å². The molecule has 1 unspecified atom stereocenters. The number of hydrogen-bond acceptors (Lipinski definition) is 6. The summed E-state index contributed by atoms with van der Waals surface area (Å²) in [6, 6.07) is 9.29. The number of hydrogen-bond donors (Lipinski definition) is 1. The predicted octanol–water partition coefficient (Wildman–Crippen LogP) is 1.95. The molecule has 0 saturated heterocycles. The second-order valence-corrected chi connectivity index (χ2v) is 4.16. The number of nitriles is 1. The number of para-hydroxylation sites is 1. The zero-order chi connectivity index (χ0) is 14.4. The fourth-order valence-electron chi connectivity index (χ4n) is 1.76. The molecule has 0 fully saturated rings. The molecule has 0 bridgehead atoms. The molecule has 20 heavy (non-hydrogen) atoms. The lowest BCUT2D eigenvalue weighted by Gasteiger charge is -2.06. The number of aromatic nitrogens is 2. The van der Waals surface area contributed by atoms with E-state index in [1.54, 1.807) is 0 Å². The topological polar surface area (TPSA) is 92.2 Å². The zero-order valence-electron chi connectivity index (χ0n) is 11.1. The van der Waals surface area contributed by atoms with Gasteiger partial charge in [0, 0.05) is 0 Å². The summed E-state index contributed by atoms with van der Waals surface area (Å²) in [4.78, 5) is 4.22. The molecule has 0 spiro atoms. The van der Waals surface area contributed by atoms with E-state index in [9.17, 15) is 5.11 Å². The highest BCUT2D eigenvalue weighted by molar-refractivity contribution is 5.63. The van der Waals surface area contributed by atoms with E-state index in [4.69, 9.17) is 14.5 Å². The first-order valence-corrected chi connectivity index (χ1v) is 6.34. The largest absolute Gasteiger partial charge is 0.493 e. The zero-order valence-corrected chi connectivity index (χ0v) is 11.1. The summed E-state index contributed by atoms with van der Waals surface area (Å²) in [5.74, 6) is 1.39. The smallest absolute Gasteiger partial charge is 0.229 e. The molecule has 1 aromatic heterocycles. The number of rotatable bonds is 6. The third kappa shape index (κ3) is 3.33. The number of ether oxygens (including phenoxy) is 1. The van der Waals surface area contributed by atoms with Gasteiger partial charge in [0.25, 0.3) is 0 Å². The van der Waals surface area contributed by atoms with Crippen LogP contribution in [-0.2, 0) is 6.42 Å².